The van der Waals surface area contributed by atoms with Crippen molar-refractivity contribution in [3.8, 4) is 11.5 Å². The SMILES string of the molecule is CO[C@@H]1C=C[C@@H]2Oc3c(O)ccc4c3[C@@]23CCN(C)[C@H](C4)[C@H]13. The molecule has 1 aromatic carbocycles. The minimum Gasteiger partial charge on any atom is -0.504 e. The Kier molecular flexibility index (Phi) is 2.39. The molecular formula is C18H21NO3. The van der Waals surface area contributed by atoms with Gasteiger partial charge in [0.05, 0.1) is 6.10 Å². The van der Waals surface area contributed by atoms with Crippen LogP contribution in [0, 0.1) is 5.92 Å². The number of methoxy groups -OCH3 is 1. The number of likely N-dealkylation sites (tertiary alicyclic amines) is 1. The summed E-state index contributed by atoms with van der Waals surface area (Å²) in [5, 5.41) is 10.3. The number of hydrogen-bond donors (Lipinski definition) is 1. The molecule has 1 saturated heterocycles. The molecule has 116 valence electrons. The standard InChI is InChI=1S/C18H21NO3/c1-19-8-7-18-14-6-5-13(21-2)16(18)11(19)9-10-3-4-12(20)17(22-14)15(10)18/h3-6,11,13-14,16,20H,7-9H2,1-2H3/t11-,13-,14+,16-,18-/m1/s1. The fourth-order valence-electron chi connectivity index (χ4n) is 5.51. The molecule has 1 fully saturated rings. The fourth-order valence-corrected chi connectivity index (χ4v) is 5.51. The molecule has 1 aromatic rings. The summed E-state index contributed by atoms with van der Waals surface area (Å²) in [5.41, 5.74) is 2.57. The molecule has 0 unspecified atom stereocenters. The number of aromatic hydroxyl groups is 1. The number of phenols is 1. The molecule has 2 bridgehead atoms. The van der Waals surface area contributed by atoms with Crippen molar-refractivity contribution in [2.45, 2.75) is 36.5 Å². The van der Waals surface area contributed by atoms with Crippen molar-refractivity contribution in [1.82, 2.24) is 4.90 Å². The molecule has 1 N–H and O–H groups in total. The van der Waals surface area contributed by atoms with Crippen molar-refractivity contribution in [3.05, 3.63) is 35.4 Å². The van der Waals surface area contributed by atoms with E-state index >= 15 is 0 Å². The number of likely N-dealkylation sites (N-methyl/N-ethyl adjacent to an activating group) is 1. The second kappa shape index (κ2) is 4.06. The van der Waals surface area contributed by atoms with Gasteiger partial charge >= 0.3 is 0 Å². The van der Waals surface area contributed by atoms with Gasteiger partial charge in [-0.15, -0.1) is 0 Å². The van der Waals surface area contributed by atoms with E-state index in [0.717, 1.165) is 25.1 Å². The lowest BCUT2D eigenvalue weighted by molar-refractivity contribution is -0.0703. The van der Waals surface area contributed by atoms with Gasteiger partial charge in [-0.1, -0.05) is 12.1 Å². The summed E-state index contributed by atoms with van der Waals surface area (Å²) in [7, 11) is 4.02. The highest BCUT2D eigenvalue weighted by molar-refractivity contribution is 5.61. The zero-order valence-corrected chi connectivity index (χ0v) is 13.0. The van der Waals surface area contributed by atoms with Crippen molar-refractivity contribution in [1.29, 1.82) is 0 Å². The lowest BCUT2D eigenvalue weighted by atomic mass is 9.52. The Morgan fingerprint density at radius 3 is 3.05 bits per heavy atom. The molecule has 0 amide bonds. The largest absolute Gasteiger partial charge is 0.504 e. The third-order valence-corrected chi connectivity index (χ3v) is 6.43. The van der Waals surface area contributed by atoms with Gasteiger partial charge in [-0.2, -0.15) is 0 Å². The summed E-state index contributed by atoms with van der Waals surface area (Å²) < 4.78 is 12.1. The highest BCUT2D eigenvalue weighted by Gasteiger charge is 2.64. The topological polar surface area (TPSA) is 41.9 Å². The summed E-state index contributed by atoms with van der Waals surface area (Å²) in [6.07, 6.45) is 6.53. The number of ether oxygens (including phenoxy) is 2. The highest BCUT2D eigenvalue weighted by Crippen LogP contribution is 2.62. The van der Waals surface area contributed by atoms with E-state index in [-0.39, 0.29) is 23.4 Å². The van der Waals surface area contributed by atoms with Gasteiger partial charge in [-0.25, -0.2) is 0 Å². The maximum absolute atomic E-state index is 10.3. The fraction of sp³-hybridized carbons (Fsp3) is 0.556. The Hall–Kier alpha value is -1.52. The van der Waals surface area contributed by atoms with Crippen LogP contribution in [0.15, 0.2) is 24.3 Å². The average molecular weight is 299 g/mol. The maximum Gasteiger partial charge on any atom is 0.166 e. The summed E-state index contributed by atoms with van der Waals surface area (Å²) >= 11 is 0. The molecular weight excluding hydrogens is 278 g/mol. The van der Waals surface area contributed by atoms with Gasteiger partial charge in [-0.3, -0.25) is 0 Å². The number of hydrogen-bond acceptors (Lipinski definition) is 4. The summed E-state index contributed by atoms with van der Waals surface area (Å²) in [6.45, 7) is 1.07. The number of piperidine rings is 1. The van der Waals surface area contributed by atoms with Crippen LogP contribution in [0.5, 0.6) is 11.5 Å². The predicted molar refractivity (Wildman–Crippen MR) is 82.4 cm³/mol. The van der Waals surface area contributed by atoms with E-state index < -0.39 is 0 Å². The average Bonchev–Trinajstić information content (AvgIpc) is 2.87. The first-order valence-corrected chi connectivity index (χ1v) is 8.10. The number of benzene rings is 1. The Balaban J connectivity index is 1.82. The molecule has 22 heavy (non-hydrogen) atoms. The third kappa shape index (κ3) is 1.28. The molecule has 0 radical (unpaired) electrons. The number of phenolic OH excluding ortho intramolecular Hbond substituents is 1. The van der Waals surface area contributed by atoms with Crippen molar-refractivity contribution in [2.75, 3.05) is 20.7 Å². The first-order valence-electron chi connectivity index (χ1n) is 8.10. The van der Waals surface area contributed by atoms with E-state index in [1.165, 1.54) is 11.1 Å². The lowest BCUT2D eigenvalue weighted by Gasteiger charge is -2.58. The van der Waals surface area contributed by atoms with E-state index in [4.69, 9.17) is 9.47 Å². The van der Waals surface area contributed by atoms with E-state index in [9.17, 15) is 5.11 Å². The summed E-state index contributed by atoms with van der Waals surface area (Å²) in [6, 6.07) is 4.35. The summed E-state index contributed by atoms with van der Waals surface area (Å²) in [4.78, 5) is 2.48. The van der Waals surface area contributed by atoms with Crippen LogP contribution in [0.1, 0.15) is 17.5 Å². The molecule has 4 heteroatoms. The van der Waals surface area contributed by atoms with Gasteiger partial charge < -0.3 is 19.5 Å². The normalized spacial score (nSPS) is 41.2. The minimum atomic E-state index is -0.0335. The van der Waals surface area contributed by atoms with Gasteiger partial charge in [0, 0.05) is 30.0 Å². The Labute approximate surface area is 130 Å². The Morgan fingerprint density at radius 1 is 1.36 bits per heavy atom. The molecule has 2 aliphatic carbocycles. The zero-order chi connectivity index (χ0) is 15.1. The van der Waals surface area contributed by atoms with Crippen LogP contribution >= 0.6 is 0 Å². The molecule has 1 spiro atoms. The molecule has 0 aromatic heterocycles. The van der Waals surface area contributed by atoms with E-state index in [2.05, 4.69) is 30.2 Å². The predicted octanol–water partition coefficient (Wildman–Crippen LogP) is 1.85. The number of rotatable bonds is 1. The lowest BCUT2D eigenvalue weighted by Crippen LogP contribution is -2.66. The molecule has 5 rings (SSSR count). The van der Waals surface area contributed by atoms with Crippen LogP contribution in [-0.2, 0) is 16.6 Å². The van der Waals surface area contributed by atoms with Crippen LogP contribution in [0.25, 0.3) is 0 Å². The van der Waals surface area contributed by atoms with Gasteiger partial charge in [0.1, 0.15) is 6.10 Å². The Bertz CT molecular complexity index is 685. The van der Waals surface area contributed by atoms with Gasteiger partial charge in [0.25, 0.3) is 0 Å². The van der Waals surface area contributed by atoms with Gasteiger partial charge in [-0.05, 0) is 44.1 Å². The van der Waals surface area contributed by atoms with Crippen LogP contribution < -0.4 is 4.74 Å². The van der Waals surface area contributed by atoms with Crippen molar-refractivity contribution >= 4 is 0 Å². The van der Waals surface area contributed by atoms with Crippen LogP contribution in [0.2, 0.25) is 0 Å². The maximum atomic E-state index is 10.3. The van der Waals surface area contributed by atoms with Crippen molar-refractivity contribution < 1.29 is 14.6 Å². The molecule has 2 heterocycles. The second-order valence-corrected chi connectivity index (χ2v) is 7.14. The van der Waals surface area contributed by atoms with Crippen molar-refractivity contribution in [2.24, 2.45) is 5.92 Å². The van der Waals surface area contributed by atoms with E-state index in [0.29, 0.717) is 12.0 Å². The van der Waals surface area contributed by atoms with Gasteiger partial charge in [0.2, 0.25) is 0 Å². The van der Waals surface area contributed by atoms with Crippen LogP contribution in [-0.4, -0.2) is 49.0 Å². The quantitative estimate of drug-likeness (QED) is 0.804. The first kappa shape index (κ1) is 13.0. The molecule has 4 aliphatic rings. The smallest absolute Gasteiger partial charge is 0.166 e. The van der Waals surface area contributed by atoms with E-state index in [1.54, 1.807) is 13.2 Å². The zero-order valence-electron chi connectivity index (χ0n) is 13.0. The second-order valence-electron chi connectivity index (χ2n) is 7.14. The monoisotopic (exact) mass is 299 g/mol. The molecule has 2 aliphatic heterocycles. The number of nitrogens with zero attached hydrogens (tertiary/aromatic N) is 1. The van der Waals surface area contributed by atoms with Crippen LogP contribution in [0.3, 0.4) is 0 Å². The van der Waals surface area contributed by atoms with Crippen molar-refractivity contribution in [3.63, 3.8) is 0 Å². The molecule has 0 saturated carbocycles. The summed E-state index contributed by atoms with van der Waals surface area (Å²) in [5.74, 6) is 1.39. The van der Waals surface area contributed by atoms with Crippen LogP contribution in [0.4, 0.5) is 0 Å². The molecule has 4 nitrogen and oxygen atoms in total. The highest BCUT2D eigenvalue weighted by atomic mass is 16.5. The Morgan fingerprint density at radius 2 is 2.23 bits per heavy atom. The minimum absolute atomic E-state index is 0.0300. The van der Waals surface area contributed by atoms with Gasteiger partial charge in [0.15, 0.2) is 11.5 Å². The third-order valence-electron chi connectivity index (χ3n) is 6.43. The first-order chi connectivity index (χ1) is 10.7. The van der Waals surface area contributed by atoms with E-state index in [1.807, 2.05) is 0 Å². The molecule has 5 atom stereocenters.